The lowest BCUT2D eigenvalue weighted by Crippen LogP contribution is -2.38. The van der Waals surface area contributed by atoms with Crippen molar-refractivity contribution in [3.8, 4) is 0 Å². The summed E-state index contributed by atoms with van der Waals surface area (Å²) in [7, 11) is 0. The van der Waals surface area contributed by atoms with E-state index in [0.717, 1.165) is 24.9 Å². The molecule has 0 radical (unpaired) electrons. The highest BCUT2D eigenvalue weighted by Crippen LogP contribution is 2.24. The second-order valence-corrected chi connectivity index (χ2v) is 6.20. The third kappa shape index (κ3) is 5.96. The molecule has 0 aliphatic rings. The second kappa shape index (κ2) is 10.2. The summed E-state index contributed by atoms with van der Waals surface area (Å²) in [5, 5.41) is 3.84. The Kier molecular flexibility index (Phi) is 8.94. The lowest BCUT2D eigenvalue weighted by atomic mass is 9.87. The summed E-state index contributed by atoms with van der Waals surface area (Å²) in [6, 6.07) is 5.64. The molecule has 21 heavy (non-hydrogen) atoms. The fourth-order valence-corrected chi connectivity index (χ4v) is 3.03. The number of benzene rings is 1. The van der Waals surface area contributed by atoms with Crippen molar-refractivity contribution < 1.29 is 4.39 Å². The van der Waals surface area contributed by atoms with Gasteiger partial charge in [0.05, 0.1) is 5.02 Å². The van der Waals surface area contributed by atoms with Crippen LogP contribution in [0.2, 0.25) is 5.02 Å². The van der Waals surface area contributed by atoms with Gasteiger partial charge in [0.25, 0.3) is 0 Å². The Morgan fingerprint density at radius 3 is 2.57 bits per heavy atom. The van der Waals surface area contributed by atoms with Crippen molar-refractivity contribution in [1.29, 1.82) is 0 Å². The Morgan fingerprint density at radius 1 is 1.19 bits per heavy atom. The van der Waals surface area contributed by atoms with Crippen molar-refractivity contribution in [3.63, 3.8) is 0 Å². The second-order valence-electron chi connectivity index (χ2n) is 5.79. The van der Waals surface area contributed by atoms with Crippen molar-refractivity contribution in [2.75, 3.05) is 6.54 Å². The van der Waals surface area contributed by atoms with Gasteiger partial charge in [-0.25, -0.2) is 4.39 Å². The van der Waals surface area contributed by atoms with Crippen LogP contribution in [0.1, 0.15) is 58.4 Å². The summed E-state index contributed by atoms with van der Waals surface area (Å²) < 4.78 is 14.1. The molecule has 0 fully saturated rings. The molecule has 1 aromatic rings. The smallest absolute Gasteiger partial charge is 0.145 e. The minimum Gasteiger partial charge on any atom is -0.313 e. The van der Waals surface area contributed by atoms with E-state index < -0.39 is 0 Å². The molecule has 2 unspecified atom stereocenters. The van der Waals surface area contributed by atoms with E-state index in [1.54, 1.807) is 6.07 Å². The molecule has 0 bridgehead atoms. The van der Waals surface area contributed by atoms with E-state index in [0.29, 0.717) is 18.4 Å². The topological polar surface area (TPSA) is 12.0 Å². The Bertz CT molecular complexity index is 408. The van der Waals surface area contributed by atoms with Crippen LogP contribution >= 0.6 is 11.6 Å². The lowest BCUT2D eigenvalue weighted by Gasteiger charge is -2.28. The Balaban J connectivity index is 2.82. The van der Waals surface area contributed by atoms with Crippen molar-refractivity contribution in [2.45, 2.75) is 65.3 Å². The first-order chi connectivity index (χ1) is 10.1. The molecule has 1 rings (SSSR count). The monoisotopic (exact) mass is 313 g/mol. The van der Waals surface area contributed by atoms with Crippen LogP contribution < -0.4 is 5.32 Å². The van der Waals surface area contributed by atoms with E-state index in [2.05, 4.69) is 26.1 Å². The van der Waals surface area contributed by atoms with E-state index in [1.807, 2.05) is 12.1 Å². The van der Waals surface area contributed by atoms with Crippen molar-refractivity contribution in [1.82, 2.24) is 5.32 Å². The van der Waals surface area contributed by atoms with Crippen LogP contribution in [0.15, 0.2) is 18.2 Å². The molecule has 0 aliphatic heterocycles. The third-order valence-electron chi connectivity index (χ3n) is 4.15. The minimum absolute atomic E-state index is 0.225. The molecule has 0 aromatic heterocycles. The largest absolute Gasteiger partial charge is 0.313 e. The Morgan fingerprint density at radius 2 is 1.95 bits per heavy atom. The first-order valence-corrected chi connectivity index (χ1v) is 8.68. The minimum atomic E-state index is -0.257. The zero-order valence-corrected chi connectivity index (χ0v) is 14.3. The van der Waals surface area contributed by atoms with Gasteiger partial charge in [0.1, 0.15) is 5.82 Å². The molecule has 0 saturated heterocycles. The molecule has 3 heteroatoms. The van der Waals surface area contributed by atoms with Crippen molar-refractivity contribution in [3.05, 3.63) is 34.6 Å². The average molecular weight is 314 g/mol. The van der Waals surface area contributed by atoms with Crippen LogP contribution in [-0.4, -0.2) is 12.6 Å². The maximum Gasteiger partial charge on any atom is 0.145 e. The van der Waals surface area contributed by atoms with Gasteiger partial charge in [-0.1, -0.05) is 63.8 Å². The highest BCUT2D eigenvalue weighted by molar-refractivity contribution is 6.30. The Labute approximate surface area is 134 Å². The summed E-state index contributed by atoms with van der Waals surface area (Å²) in [6.07, 6.45) is 6.59. The molecule has 0 spiro atoms. The highest BCUT2D eigenvalue weighted by Gasteiger charge is 2.21. The molecule has 120 valence electrons. The summed E-state index contributed by atoms with van der Waals surface area (Å²) in [5.74, 6) is 0.336. The summed E-state index contributed by atoms with van der Waals surface area (Å²) in [6.45, 7) is 7.60. The molecule has 1 N–H and O–H groups in total. The SMILES string of the molecule is CCCCC(CC)C(Cc1cccc(Cl)c1F)NCCC. The number of rotatable bonds is 10. The number of hydrogen-bond donors (Lipinski definition) is 1. The van der Waals surface area contributed by atoms with Crippen molar-refractivity contribution >= 4 is 11.6 Å². The Hall–Kier alpha value is -0.600. The van der Waals surface area contributed by atoms with Crippen LogP contribution in [0, 0.1) is 11.7 Å². The maximum absolute atomic E-state index is 14.1. The lowest BCUT2D eigenvalue weighted by molar-refractivity contribution is 0.313. The molecule has 0 heterocycles. The first-order valence-electron chi connectivity index (χ1n) is 8.30. The maximum atomic E-state index is 14.1. The number of halogens is 2. The van der Waals surface area contributed by atoms with E-state index in [9.17, 15) is 4.39 Å². The van der Waals surface area contributed by atoms with Gasteiger partial charge in [-0.15, -0.1) is 0 Å². The first kappa shape index (κ1) is 18.4. The molecule has 0 amide bonds. The predicted octanol–water partition coefficient (Wildman–Crippen LogP) is 5.61. The molecular weight excluding hydrogens is 285 g/mol. The zero-order chi connectivity index (χ0) is 15.7. The molecule has 0 saturated carbocycles. The fraction of sp³-hybridized carbons (Fsp3) is 0.667. The zero-order valence-electron chi connectivity index (χ0n) is 13.6. The average Bonchev–Trinajstić information content (AvgIpc) is 2.49. The van der Waals surface area contributed by atoms with Gasteiger partial charge >= 0.3 is 0 Å². The number of unbranched alkanes of at least 4 members (excludes halogenated alkanes) is 1. The van der Waals surface area contributed by atoms with Crippen LogP contribution in [0.4, 0.5) is 4.39 Å². The highest BCUT2D eigenvalue weighted by atomic mass is 35.5. The normalized spacial score (nSPS) is 14.1. The molecule has 0 aliphatic carbocycles. The third-order valence-corrected chi connectivity index (χ3v) is 4.44. The van der Waals surface area contributed by atoms with Gasteiger partial charge in [0.2, 0.25) is 0 Å². The summed E-state index contributed by atoms with van der Waals surface area (Å²) >= 11 is 5.90. The van der Waals surface area contributed by atoms with E-state index >= 15 is 0 Å². The van der Waals surface area contributed by atoms with Crippen LogP contribution in [-0.2, 0) is 6.42 Å². The molecule has 1 aromatic carbocycles. The standard InChI is InChI=1S/C18H29ClFN/c1-4-7-9-14(6-3)17(21-12-5-2)13-15-10-8-11-16(19)18(15)20/h8,10-11,14,17,21H,4-7,9,12-13H2,1-3H3. The van der Waals surface area contributed by atoms with Gasteiger partial charge < -0.3 is 5.32 Å². The van der Waals surface area contributed by atoms with Crippen LogP contribution in [0.25, 0.3) is 0 Å². The van der Waals surface area contributed by atoms with Crippen LogP contribution in [0.5, 0.6) is 0 Å². The molecule has 2 atom stereocenters. The van der Waals surface area contributed by atoms with E-state index in [4.69, 9.17) is 11.6 Å². The fourth-order valence-electron chi connectivity index (χ4n) is 2.83. The van der Waals surface area contributed by atoms with Gasteiger partial charge in [-0.05, 0) is 43.4 Å². The quantitative estimate of drug-likeness (QED) is 0.592. The van der Waals surface area contributed by atoms with Crippen LogP contribution in [0.3, 0.4) is 0 Å². The van der Waals surface area contributed by atoms with E-state index in [-0.39, 0.29) is 10.8 Å². The van der Waals surface area contributed by atoms with E-state index in [1.165, 1.54) is 19.3 Å². The number of nitrogens with one attached hydrogen (secondary N) is 1. The molecular formula is C18H29ClFN. The van der Waals surface area contributed by atoms with Gasteiger partial charge in [-0.3, -0.25) is 0 Å². The summed E-state index contributed by atoms with van der Waals surface area (Å²) in [4.78, 5) is 0. The molecule has 1 nitrogen and oxygen atoms in total. The summed E-state index contributed by atoms with van der Waals surface area (Å²) in [5.41, 5.74) is 0.728. The van der Waals surface area contributed by atoms with Crippen molar-refractivity contribution in [2.24, 2.45) is 5.92 Å². The van der Waals surface area contributed by atoms with Gasteiger partial charge in [0, 0.05) is 6.04 Å². The van der Waals surface area contributed by atoms with Gasteiger partial charge in [0.15, 0.2) is 0 Å². The van der Waals surface area contributed by atoms with Gasteiger partial charge in [-0.2, -0.15) is 0 Å². The predicted molar refractivity (Wildman–Crippen MR) is 90.5 cm³/mol. The number of hydrogen-bond acceptors (Lipinski definition) is 1.